The molecule has 0 saturated heterocycles. The molecular formula is C17H20ClN3O2. The first-order chi connectivity index (χ1) is 11.2. The average molecular weight is 334 g/mol. The number of rotatable bonds is 8. The van der Waals surface area contributed by atoms with Gasteiger partial charge in [0, 0.05) is 24.3 Å². The van der Waals surface area contributed by atoms with Crippen molar-refractivity contribution in [3.63, 3.8) is 0 Å². The summed E-state index contributed by atoms with van der Waals surface area (Å²) in [6.45, 7) is 1.42. The number of ether oxygens (including phenoxy) is 1. The number of pyridine rings is 1. The Hall–Kier alpha value is -2.27. The fourth-order valence-corrected chi connectivity index (χ4v) is 2.25. The molecule has 0 aliphatic carbocycles. The molecule has 2 aromatic rings. The van der Waals surface area contributed by atoms with Gasteiger partial charge in [-0.25, -0.2) is 4.98 Å². The van der Waals surface area contributed by atoms with Crippen molar-refractivity contribution in [2.45, 2.75) is 12.8 Å². The number of amides is 1. The maximum Gasteiger partial charge on any atom is 0.255 e. The summed E-state index contributed by atoms with van der Waals surface area (Å²) in [7, 11) is 1.52. The van der Waals surface area contributed by atoms with E-state index in [9.17, 15) is 4.79 Å². The Labute approximate surface area is 141 Å². The molecule has 5 nitrogen and oxygen atoms in total. The van der Waals surface area contributed by atoms with Crippen LogP contribution >= 0.6 is 11.6 Å². The number of carbonyl (C=O) groups excluding carboxylic acids is 1. The first kappa shape index (κ1) is 17.1. The van der Waals surface area contributed by atoms with Crippen LogP contribution in [0.15, 0.2) is 42.6 Å². The van der Waals surface area contributed by atoms with Crippen molar-refractivity contribution >= 4 is 23.3 Å². The Morgan fingerprint density at radius 3 is 2.78 bits per heavy atom. The Morgan fingerprint density at radius 1 is 1.22 bits per heavy atom. The normalized spacial score (nSPS) is 10.2. The molecule has 0 fully saturated rings. The van der Waals surface area contributed by atoms with Crippen molar-refractivity contribution in [3.8, 4) is 5.75 Å². The zero-order valence-corrected chi connectivity index (χ0v) is 13.8. The van der Waals surface area contributed by atoms with Crippen molar-refractivity contribution in [2.24, 2.45) is 0 Å². The molecule has 1 aromatic carbocycles. The molecule has 1 aromatic heterocycles. The zero-order chi connectivity index (χ0) is 16.5. The standard InChI is InChI=1S/C17H20ClN3O2/c1-23-15-12-13(18)7-8-14(15)17(22)21-11-5-4-10-20-16-6-2-3-9-19-16/h2-3,6-9,12H,4-5,10-11H2,1H3,(H,19,20)(H,21,22). The van der Waals surface area contributed by atoms with Gasteiger partial charge in [-0.05, 0) is 43.2 Å². The van der Waals surface area contributed by atoms with E-state index >= 15 is 0 Å². The van der Waals surface area contributed by atoms with E-state index in [0.29, 0.717) is 22.9 Å². The first-order valence-corrected chi connectivity index (χ1v) is 7.85. The van der Waals surface area contributed by atoms with Crippen molar-refractivity contribution < 1.29 is 9.53 Å². The smallest absolute Gasteiger partial charge is 0.255 e. The first-order valence-electron chi connectivity index (χ1n) is 7.47. The van der Waals surface area contributed by atoms with Crippen LogP contribution in [0.1, 0.15) is 23.2 Å². The average Bonchev–Trinajstić information content (AvgIpc) is 2.58. The summed E-state index contributed by atoms with van der Waals surface area (Å²) in [5.74, 6) is 1.19. The third-order valence-corrected chi connectivity index (χ3v) is 3.50. The van der Waals surface area contributed by atoms with Crippen molar-refractivity contribution in [3.05, 3.63) is 53.2 Å². The number of hydrogen-bond acceptors (Lipinski definition) is 4. The minimum atomic E-state index is -0.156. The molecule has 6 heteroatoms. The van der Waals surface area contributed by atoms with E-state index in [1.807, 2.05) is 18.2 Å². The van der Waals surface area contributed by atoms with Crippen LogP contribution in [0.3, 0.4) is 0 Å². The zero-order valence-electron chi connectivity index (χ0n) is 13.0. The predicted octanol–water partition coefficient (Wildman–Crippen LogP) is 3.37. The number of halogens is 1. The van der Waals surface area contributed by atoms with Crippen molar-refractivity contribution in [1.29, 1.82) is 0 Å². The lowest BCUT2D eigenvalue weighted by molar-refractivity contribution is 0.0950. The van der Waals surface area contributed by atoms with Gasteiger partial charge in [0.25, 0.3) is 5.91 Å². The number of methoxy groups -OCH3 is 1. The molecule has 0 unspecified atom stereocenters. The van der Waals surface area contributed by atoms with Gasteiger partial charge in [-0.3, -0.25) is 4.79 Å². The van der Waals surface area contributed by atoms with Crippen LogP contribution in [-0.2, 0) is 0 Å². The maximum atomic E-state index is 12.1. The van der Waals surface area contributed by atoms with E-state index in [0.717, 1.165) is 25.2 Å². The molecule has 0 radical (unpaired) electrons. The third-order valence-electron chi connectivity index (χ3n) is 3.27. The molecule has 0 aliphatic heterocycles. The second-order valence-corrected chi connectivity index (χ2v) is 5.39. The van der Waals surface area contributed by atoms with Gasteiger partial charge in [0.1, 0.15) is 11.6 Å². The van der Waals surface area contributed by atoms with Gasteiger partial charge in [-0.15, -0.1) is 0 Å². The van der Waals surface area contributed by atoms with Crippen LogP contribution in [0.2, 0.25) is 5.02 Å². The molecule has 1 amide bonds. The summed E-state index contributed by atoms with van der Waals surface area (Å²) in [4.78, 5) is 16.3. The SMILES string of the molecule is COc1cc(Cl)ccc1C(=O)NCCCCNc1ccccn1. The highest BCUT2D eigenvalue weighted by atomic mass is 35.5. The Kier molecular flexibility index (Phi) is 6.69. The second-order valence-electron chi connectivity index (χ2n) is 4.95. The molecule has 0 saturated carbocycles. The van der Waals surface area contributed by atoms with E-state index in [2.05, 4.69) is 15.6 Å². The highest BCUT2D eigenvalue weighted by molar-refractivity contribution is 6.30. The van der Waals surface area contributed by atoms with E-state index in [-0.39, 0.29) is 5.91 Å². The summed E-state index contributed by atoms with van der Waals surface area (Å²) < 4.78 is 5.18. The van der Waals surface area contributed by atoms with E-state index < -0.39 is 0 Å². The lowest BCUT2D eigenvalue weighted by Crippen LogP contribution is -2.25. The van der Waals surface area contributed by atoms with Gasteiger partial charge in [-0.1, -0.05) is 17.7 Å². The maximum absolute atomic E-state index is 12.1. The lowest BCUT2D eigenvalue weighted by Gasteiger charge is -2.10. The van der Waals surface area contributed by atoms with E-state index in [4.69, 9.17) is 16.3 Å². The van der Waals surface area contributed by atoms with Crippen molar-refractivity contribution in [2.75, 3.05) is 25.5 Å². The van der Waals surface area contributed by atoms with Crippen LogP contribution in [0.4, 0.5) is 5.82 Å². The topological polar surface area (TPSA) is 63.2 Å². The van der Waals surface area contributed by atoms with Crippen LogP contribution in [-0.4, -0.2) is 31.1 Å². The van der Waals surface area contributed by atoms with Crippen LogP contribution < -0.4 is 15.4 Å². The number of nitrogens with zero attached hydrogens (tertiary/aromatic N) is 1. The van der Waals surface area contributed by atoms with Crippen LogP contribution in [0, 0.1) is 0 Å². The van der Waals surface area contributed by atoms with Gasteiger partial charge in [0.2, 0.25) is 0 Å². The molecule has 0 spiro atoms. The minimum Gasteiger partial charge on any atom is -0.496 e. The number of benzene rings is 1. The van der Waals surface area contributed by atoms with Gasteiger partial charge in [0.15, 0.2) is 0 Å². The van der Waals surface area contributed by atoms with E-state index in [1.165, 1.54) is 7.11 Å². The number of anilines is 1. The predicted molar refractivity (Wildman–Crippen MR) is 92.3 cm³/mol. The molecule has 0 aliphatic rings. The number of nitrogens with one attached hydrogen (secondary N) is 2. The molecule has 2 N–H and O–H groups in total. The molecule has 2 rings (SSSR count). The summed E-state index contributed by atoms with van der Waals surface area (Å²) in [6.07, 6.45) is 3.57. The number of carbonyl (C=O) groups is 1. The lowest BCUT2D eigenvalue weighted by atomic mass is 10.2. The summed E-state index contributed by atoms with van der Waals surface area (Å²) in [5.41, 5.74) is 0.489. The molecule has 122 valence electrons. The fourth-order valence-electron chi connectivity index (χ4n) is 2.08. The van der Waals surface area contributed by atoms with Crippen LogP contribution in [0.25, 0.3) is 0 Å². The Balaban J connectivity index is 1.69. The van der Waals surface area contributed by atoms with Crippen LogP contribution in [0.5, 0.6) is 5.75 Å². The van der Waals surface area contributed by atoms with Gasteiger partial charge < -0.3 is 15.4 Å². The number of unbranched alkanes of at least 4 members (excludes halogenated alkanes) is 1. The molecule has 0 bridgehead atoms. The third kappa shape index (κ3) is 5.45. The van der Waals surface area contributed by atoms with Gasteiger partial charge in [-0.2, -0.15) is 0 Å². The highest BCUT2D eigenvalue weighted by Gasteiger charge is 2.11. The number of hydrogen-bond donors (Lipinski definition) is 2. The molecule has 0 atom stereocenters. The minimum absolute atomic E-state index is 0.156. The summed E-state index contributed by atoms with van der Waals surface area (Å²) in [6, 6.07) is 10.7. The Bertz CT molecular complexity index is 635. The Morgan fingerprint density at radius 2 is 2.04 bits per heavy atom. The molecular weight excluding hydrogens is 314 g/mol. The highest BCUT2D eigenvalue weighted by Crippen LogP contribution is 2.22. The van der Waals surface area contributed by atoms with Crippen molar-refractivity contribution in [1.82, 2.24) is 10.3 Å². The monoisotopic (exact) mass is 333 g/mol. The second kappa shape index (κ2) is 9.00. The fraction of sp³-hybridized carbons (Fsp3) is 0.294. The molecule has 1 heterocycles. The summed E-state index contributed by atoms with van der Waals surface area (Å²) >= 11 is 5.89. The molecule has 23 heavy (non-hydrogen) atoms. The quantitative estimate of drug-likeness (QED) is 0.727. The largest absolute Gasteiger partial charge is 0.496 e. The van der Waals surface area contributed by atoms with Gasteiger partial charge >= 0.3 is 0 Å². The van der Waals surface area contributed by atoms with Gasteiger partial charge in [0.05, 0.1) is 12.7 Å². The number of aromatic nitrogens is 1. The van der Waals surface area contributed by atoms with E-state index in [1.54, 1.807) is 24.4 Å². The summed E-state index contributed by atoms with van der Waals surface area (Å²) in [5, 5.41) is 6.66.